The first-order valence-electron chi connectivity index (χ1n) is 6.06. The highest BCUT2D eigenvalue weighted by atomic mass is 19.1. The van der Waals surface area contributed by atoms with Crippen LogP contribution in [0.15, 0.2) is 41.3 Å². The van der Waals surface area contributed by atoms with Gasteiger partial charge in [-0.2, -0.15) is 0 Å². The summed E-state index contributed by atoms with van der Waals surface area (Å²) in [6.45, 7) is 0. The highest BCUT2D eigenvalue weighted by molar-refractivity contribution is 5.90. The zero-order valence-electron chi connectivity index (χ0n) is 11.0. The van der Waals surface area contributed by atoms with Gasteiger partial charge in [0.15, 0.2) is 5.82 Å². The Morgan fingerprint density at radius 2 is 2.14 bits per heavy atom. The summed E-state index contributed by atoms with van der Waals surface area (Å²) in [5, 5.41) is 4.12. The fourth-order valence-corrected chi connectivity index (χ4v) is 2.01. The number of hydrogen-bond acceptors (Lipinski definition) is 4. The monoisotopic (exact) mass is 287 g/mol. The molecule has 0 atom stereocenters. The van der Waals surface area contributed by atoms with Crippen LogP contribution in [0.1, 0.15) is 10.4 Å². The Kier molecular flexibility index (Phi) is 3.02. The number of esters is 1. The average molecular weight is 287 g/mol. The van der Waals surface area contributed by atoms with Crippen LogP contribution in [-0.2, 0) is 4.74 Å². The lowest BCUT2D eigenvalue weighted by molar-refractivity contribution is 0.0601. The van der Waals surface area contributed by atoms with Crippen LogP contribution in [0.25, 0.3) is 16.9 Å². The molecule has 1 aromatic carbocycles. The van der Waals surface area contributed by atoms with Gasteiger partial charge in [-0.3, -0.25) is 4.79 Å². The van der Waals surface area contributed by atoms with Crippen molar-refractivity contribution in [2.24, 2.45) is 0 Å². The molecular weight excluding hydrogens is 277 g/mol. The second kappa shape index (κ2) is 4.86. The molecule has 0 radical (unpaired) electrons. The molecule has 21 heavy (non-hydrogen) atoms. The van der Waals surface area contributed by atoms with Crippen LogP contribution in [0.2, 0.25) is 0 Å². The predicted octanol–water partition coefficient (Wildman–Crippen LogP) is 1.62. The summed E-state index contributed by atoms with van der Waals surface area (Å²) in [6.07, 6.45) is 1.36. The number of ether oxygens (including phenoxy) is 1. The van der Waals surface area contributed by atoms with Crippen molar-refractivity contribution < 1.29 is 13.9 Å². The summed E-state index contributed by atoms with van der Waals surface area (Å²) >= 11 is 0. The maximum atomic E-state index is 13.7. The van der Waals surface area contributed by atoms with Crippen molar-refractivity contribution >= 4 is 11.5 Å². The SMILES string of the molecule is COC(=O)c1cc2c(=O)[nH]c(-c3ccccc3F)nn2c1. The molecule has 0 aliphatic heterocycles. The number of methoxy groups -OCH3 is 1. The molecule has 0 unspecified atom stereocenters. The van der Waals surface area contributed by atoms with Crippen LogP contribution < -0.4 is 5.56 Å². The van der Waals surface area contributed by atoms with Gasteiger partial charge >= 0.3 is 5.97 Å². The van der Waals surface area contributed by atoms with E-state index in [2.05, 4.69) is 14.8 Å². The number of rotatable bonds is 2. The molecule has 0 fully saturated rings. The molecule has 6 nitrogen and oxygen atoms in total. The standard InChI is InChI=1S/C14H10FN3O3/c1-21-14(20)8-6-11-13(19)16-12(17-18(11)7-8)9-4-2-3-5-10(9)15/h2-7H,1H3,(H,16,17,19). The summed E-state index contributed by atoms with van der Waals surface area (Å²) in [5.41, 5.74) is 0.0693. The van der Waals surface area contributed by atoms with Crippen molar-refractivity contribution in [1.29, 1.82) is 0 Å². The number of carbonyl (C=O) groups excluding carboxylic acids is 1. The number of nitrogens with zero attached hydrogens (tertiary/aromatic N) is 2. The van der Waals surface area contributed by atoms with Gasteiger partial charge in [0.1, 0.15) is 11.3 Å². The molecule has 1 N–H and O–H groups in total. The van der Waals surface area contributed by atoms with Crippen molar-refractivity contribution in [3.8, 4) is 11.4 Å². The van der Waals surface area contributed by atoms with Gasteiger partial charge in [-0.1, -0.05) is 12.1 Å². The Morgan fingerprint density at radius 3 is 2.86 bits per heavy atom. The van der Waals surface area contributed by atoms with E-state index in [4.69, 9.17) is 0 Å². The van der Waals surface area contributed by atoms with Crippen molar-refractivity contribution in [2.75, 3.05) is 7.11 Å². The molecule has 7 heteroatoms. The van der Waals surface area contributed by atoms with Crippen LogP contribution in [0, 0.1) is 5.82 Å². The lowest BCUT2D eigenvalue weighted by atomic mass is 10.2. The lowest BCUT2D eigenvalue weighted by Gasteiger charge is -2.02. The minimum Gasteiger partial charge on any atom is -0.465 e. The number of halogens is 1. The van der Waals surface area contributed by atoms with E-state index < -0.39 is 17.3 Å². The number of H-pyrrole nitrogens is 1. The lowest BCUT2D eigenvalue weighted by Crippen LogP contribution is -2.13. The second-order valence-corrected chi connectivity index (χ2v) is 4.33. The van der Waals surface area contributed by atoms with Crippen LogP contribution in [0.3, 0.4) is 0 Å². The molecule has 0 bridgehead atoms. The molecule has 0 aliphatic rings. The third-order valence-electron chi connectivity index (χ3n) is 3.02. The molecule has 0 spiro atoms. The molecule has 0 amide bonds. The summed E-state index contributed by atoms with van der Waals surface area (Å²) in [6, 6.07) is 7.32. The number of fused-ring (bicyclic) bond motifs is 1. The van der Waals surface area contributed by atoms with E-state index in [-0.39, 0.29) is 22.5 Å². The van der Waals surface area contributed by atoms with Crippen LogP contribution in [0.4, 0.5) is 4.39 Å². The zero-order valence-corrected chi connectivity index (χ0v) is 11.0. The molecule has 3 aromatic rings. The largest absolute Gasteiger partial charge is 0.465 e. The summed E-state index contributed by atoms with van der Waals surface area (Å²) < 4.78 is 19.6. The number of aromatic nitrogens is 3. The molecule has 3 rings (SSSR count). The number of hydrogen-bond donors (Lipinski definition) is 1. The van der Waals surface area contributed by atoms with E-state index >= 15 is 0 Å². The van der Waals surface area contributed by atoms with E-state index in [1.807, 2.05) is 0 Å². The minimum atomic E-state index is -0.577. The van der Waals surface area contributed by atoms with E-state index in [9.17, 15) is 14.0 Å². The first-order chi connectivity index (χ1) is 10.1. The van der Waals surface area contributed by atoms with Gasteiger partial charge < -0.3 is 9.72 Å². The van der Waals surface area contributed by atoms with Gasteiger partial charge in [0.25, 0.3) is 5.56 Å². The highest BCUT2D eigenvalue weighted by Gasteiger charge is 2.14. The maximum absolute atomic E-state index is 13.7. The number of aromatic amines is 1. The van der Waals surface area contributed by atoms with Gasteiger partial charge in [-0.05, 0) is 18.2 Å². The summed E-state index contributed by atoms with van der Waals surface area (Å²) in [4.78, 5) is 26.0. The third-order valence-corrected chi connectivity index (χ3v) is 3.02. The van der Waals surface area contributed by atoms with E-state index in [0.717, 1.165) is 0 Å². The number of nitrogens with one attached hydrogen (secondary N) is 1. The first kappa shape index (κ1) is 13.0. The number of carbonyl (C=O) groups is 1. The fourth-order valence-electron chi connectivity index (χ4n) is 2.01. The van der Waals surface area contributed by atoms with Crippen molar-refractivity contribution in [1.82, 2.24) is 14.6 Å². The van der Waals surface area contributed by atoms with Gasteiger partial charge in [0, 0.05) is 6.20 Å². The minimum absolute atomic E-state index is 0.0811. The quantitative estimate of drug-likeness (QED) is 0.727. The van der Waals surface area contributed by atoms with Crippen LogP contribution in [0.5, 0.6) is 0 Å². The molecule has 0 saturated heterocycles. The summed E-state index contributed by atoms with van der Waals surface area (Å²) in [5.74, 6) is -0.995. The Hall–Kier alpha value is -2.96. The van der Waals surface area contributed by atoms with E-state index in [1.54, 1.807) is 12.1 Å². The Balaban J connectivity index is 2.22. The smallest absolute Gasteiger partial charge is 0.339 e. The average Bonchev–Trinajstić information content (AvgIpc) is 2.91. The van der Waals surface area contributed by atoms with Crippen molar-refractivity contribution in [3.63, 3.8) is 0 Å². The molecular formula is C14H10FN3O3. The van der Waals surface area contributed by atoms with Crippen LogP contribution >= 0.6 is 0 Å². The number of benzene rings is 1. The second-order valence-electron chi connectivity index (χ2n) is 4.33. The zero-order chi connectivity index (χ0) is 15.0. The molecule has 2 aromatic heterocycles. The van der Waals surface area contributed by atoms with Crippen molar-refractivity contribution in [3.05, 3.63) is 58.3 Å². The van der Waals surface area contributed by atoms with E-state index in [1.165, 1.54) is 36.0 Å². The Bertz CT molecular complexity index is 898. The Labute approximate surface area is 117 Å². The van der Waals surface area contributed by atoms with Gasteiger partial charge in [0.05, 0.1) is 18.2 Å². The maximum Gasteiger partial charge on any atom is 0.339 e. The normalized spacial score (nSPS) is 10.8. The van der Waals surface area contributed by atoms with Gasteiger partial charge in [-0.15, -0.1) is 5.10 Å². The highest BCUT2D eigenvalue weighted by Crippen LogP contribution is 2.17. The molecule has 2 heterocycles. The molecule has 106 valence electrons. The molecule has 0 saturated carbocycles. The predicted molar refractivity (Wildman–Crippen MR) is 72.5 cm³/mol. The van der Waals surface area contributed by atoms with Crippen LogP contribution in [-0.4, -0.2) is 27.7 Å². The first-order valence-corrected chi connectivity index (χ1v) is 6.06. The molecule has 0 aliphatic carbocycles. The van der Waals surface area contributed by atoms with Crippen molar-refractivity contribution in [2.45, 2.75) is 0 Å². The topological polar surface area (TPSA) is 76.5 Å². The Morgan fingerprint density at radius 1 is 1.38 bits per heavy atom. The van der Waals surface area contributed by atoms with Gasteiger partial charge in [0.2, 0.25) is 0 Å². The third kappa shape index (κ3) is 2.18. The fraction of sp³-hybridized carbons (Fsp3) is 0.0714. The van der Waals surface area contributed by atoms with E-state index in [0.29, 0.717) is 0 Å². The summed E-state index contributed by atoms with van der Waals surface area (Å²) in [7, 11) is 1.24. The van der Waals surface area contributed by atoms with Gasteiger partial charge in [-0.25, -0.2) is 13.7 Å².